The fourth-order valence-corrected chi connectivity index (χ4v) is 3.75. The van der Waals surface area contributed by atoms with Gasteiger partial charge in [0.2, 0.25) is 11.8 Å². The van der Waals surface area contributed by atoms with Crippen molar-refractivity contribution in [1.29, 1.82) is 5.26 Å². The number of likely N-dealkylation sites (tertiary alicyclic amines) is 1. The van der Waals surface area contributed by atoms with Crippen LogP contribution in [-0.4, -0.2) is 35.3 Å². The van der Waals surface area contributed by atoms with Crippen LogP contribution >= 0.6 is 0 Å². The van der Waals surface area contributed by atoms with Crippen molar-refractivity contribution in [2.45, 2.75) is 64.0 Å². The van der Waals surface area contributed by atoms with Crippen molar-refractivity contribution in [3.05, 3.63) is 0 Å². The molecule has 3 rings (SSSR count). The highest BCUT2D eigenvalue weighted by molar-refractivity contribution is 5.87. The largest absolute Gasteiger partial charge is 0.350 e. The zero-order valence-corrected chi connectivity index (χ0v) is 12.6. The minimum Gasteiger partial charge on any atom is -0.350 e. The molecule has 5 heteroatoms. The van der Waals surface area contributed by atoms with Gasteiger partial charge in [-0.15, -0.1) is 0 Å². The Morgan fingerprint density at radius 3 is 2.62 bits per heavy atom. The predicted octanol–water partition coefficient (Wildman–Crippen LogP) is 1.59. The zero-order chi connectivity index (χ0) is 15.0. The molecule has 114 valence electrons. The minimum atomic E-state index is -0.860. The van der Waals surface area contributed by atoms with Gasteiger partial charge >= 0.3 is 0 Å². The Hall–Kier alpha value is -1.57. The molecule has 2 aliphatic carbocycles. The third-order valence-electron chi connectivity index (χ3n) is 5.32. The van der Waals surface area contributed by atoms with Crippen molar-refractivity contribution >= 4 is 11.8 Å². The molecule has 0 aromatic carbocycles. The van der Waals surface area contributed by atoms with Crippen molar-refractivity contribution in [3.63, 3.8) is 0 Å². The average Bonchev–Trinajstić information content (AvgIpc) is 3.10. The van der Waals surface area contributed by atoms with Crippen LogP contribution in [0.2, 0.25) is 0 Å². The lowest BCUT2D eigenvalue weighted by Crippen LogP contribution is -2.47. The molecule has 0 aromatic rings. The summed E-state index contributed by atoms with van der Waals surface area (Å²) in [7, 11) is 0. The van der Waals surface area contributed by atoms with Crippen LogP contribution in [0.5, 0.6) is 0 Å². The Kier molecular flexibility index (Phi) is 3.64. The number of nitrogens with one attached hydrogen (secondary N) is 1. The number of hydrogen-bond acceptors (Lipinski definition) is 3. The fraction of sp³-hybridized carbons (Fsp3) is 0.812. The van der Waals surface area contributed by atoms with Crippen molar-refractivity contribution in [2.24, 2.45) is 11.3 Å². The highest BCUT2D eigenvalue weighted by Gasteiger charge is 2.46. The van der Waals surface area contributed by atoms with Crippen molar-refractivity contribution in [3.8, 4) is 6.07 Å². The van der Waals surface area contributed by atoms with Gasteiger partial charge in [0.1, 0.15) is 5.41 Å². The molecule has 3 atom stereocenters. The maximum absolute atomic E-state index is 12.5. The number of nitrogens with zero attached hydrogens (tertiary/aromatic N) is 2. The molecule has 21 heavy (non-hydrogen) atoms. The quantitative estimate of drug-likeness (QED) is 0.857. The molecule has 0 bridgehead atoms. The number of carbonyl (C=O) groups excluding carboxylic acids is 2. The van der Waals surface area contributed by atoms with Gasteiger partial charge in [0, 0.05) is 19.0 Å². The molecule has 3 unspecified atom stereocenters. The van der Waals surface area contributed by atoms with E-state index in [4.69, 9.17) is 0 Å². The summed E-state index contributed by atoms with van der Waals surface area (Å²) in [5.41, 5.74) is -0.860. The zero-order valence-electron chi connectivity index (χ0n) is 12.6. The molecule has 3 aliphatic rings. The molecule has 0 radical (unpaired) electrons. The van der Waals surface area contributed by atoms with Crippen LogP contribution in [0, 0.1) is 22.7 Å². The first kappa shape index (κ1) is 14.4. The highest BCUT2D eigenvalue weighted by atomic mass is 16.2. The van der Waals surface area contributed by atoms with Gasteiger partial charge in [-0.05, 0) is 25.2 Å². The van der Waals surface area contributed by atoms with Crippen LogP contribution in [0.4, 0.5) is 0 Å². The van der Waals surface area contributed by atoms with Gasteiger partial charge in [0.25, 0.3) is 0 Å². The van der Waals surface area contributed by atoms with E-state index in [2.05, 4.69) is 18.3 Å². The number of hydrogen-bond donors (Lipinski definition) is 1. The van der Waals surface area contributed by atoms with Crippen molar-refractivity contribution in [2.75, 3.05) is 6.54 Å². The second-order valence-electron chi connectivity index (χ2n) is 6.96. The summed E-state index contributed by atoms with van der Waals surface area (Å²) in [6.45, 7) is 2.76. The Balaban J connectivity index is 1.60. The monoisotopic (exact) mass is 289 g/mol. The van der Waals surface area contributed by atoms with E-state index in [0.29, 0.717) is 37.8 Å². The van der Waals surface area contributed by atoms with E-state index < -0.39 is 5.41 Å². The molecule has 1 N–H and O–H groups in total. The summed E-state index contributed by atoms with van der Waals surface area (Å²) in [5.74, 6) is 0.574. The predicted molar refractivity (Wildman–Crippen MR) is 77.0 cm³/mol. The van der Waals surface area contributed by atoms with E-state index in [-0.39, 0.29) is 17.9 Å². The number of amides is 2. The van der Waals surface area contributed by atoms with Gasteiger partial charge in [-0.2, -0.15) is 5.26 Å². The lowest BCUT2D eigenvalue weighted by molar-refractivity contribution is -0.130. The number of nitriles is 1. The normalized spacial score (nSPS) is 34.4. The second-order valence-corrected chi connectivity index (χ2v) is 6.96. The maximum atomic E-state index is 12.5. The summed E-state index contributed by atoms with van der Waals surface area (Å²) < 4.78 is 0. The first-order valence-corrected chi connectivity index (χ1v) is 8.07. The molecule has 2 amide bonds. The molecule has 1 aliphatic heterocycles. The molecule has 5 nitrogen and oxygen atoms in total. The van der Waals surface area contributed by atoms with Crippen LogP contribution in [0.1, 0.15) is 51.9 Å². The Morgan fingerprint density at radius 2 is 2.05 bits per heavy atom. The average molecular weight is 289 g/mol. The standard InChI is InChI=1S/C16H23N3O2/c1-11-7-13(11)19-9-12(8-14(19)20)18-15(21)16(10-17)5-3-2-4-6-16/h11-13H,2-9H2,1H3,(H,18,21). The number of carbonyl (C=O) groups is 2. The second kappa shape index (κ2) is 5.32. The van der Waals surface area contributed by atoms with Crippen molar-refractivity contribution in [1.82, 2.24) is 10.2 Å². The van der Waals surface area contributed by atoms with Crippen LogP contribution < -0.4 is 5.32 Å². The summed E-state index contributed by atoms with van der Waals surface area (Å²) in [6, 6.07) is 2.50. The van der Waals surface area contributed by atoms with E-state index >= 15 is 0 Å². The molecule has 3 fully saturated rings. The molecule has 1 heterocycles. The maximum Gasteiger partial charge on any atom is 0.240 e. The lowest BCUT2D eigenvalue weighted by Gasteiger charge is -2.30. The number of rotatable bonds is 3. The first-order chi connectivity index (χ1) is 10.1. The van der Waals surface area contributed by atoms with Gasteiger partial charge in [-0.1, -0.05) is 26.2 Å². The minimum absolute atomic E-state index is 0.120. The van der Waals surface area contributed by atoms with Gasteiger partial charge in [0.15, 0.2) is 0 Å². The van der Waals surface area contributed by atoms with Crippen LogP contribution in [0.25, 0.3) is 0 Å². The molecule has 0 spiro atoms. The molecule has 2 saturated carbocycles. The summed E-state index contributed by atoms with van der Waals surface area (Å²) in [5, 5.41) is 12.4. The van der Waals surface area contributed by atoms with Crippen LogP contribution in [-0.2, 0) is 9.59 Å². The first-order valence-electron chi connectivity index (χ1n) is 8.07. The molecular weight excluding hydrogens is 266 g/mol. The van der Waals surface area contributed by atoms with Gasteiger partial charge < -0.3 is 10.2 Å². The Bertz CT molecular complexity index is 490. The van der Waals surface area contributed by atoms with E-state index in [1.807, 2.05) is 4.90 Å². The van der Waals surface area contributed by atoms with Gasteiger partial charge in [-0.25, -0.2) is 0 Å². The van der Waals surface area contributed by atoms with Crippen molar-refractivity contribution < 1.29 is 9.59 Å². The summed E-state index contributed by atoms with van der Waals surface area (Å²) >= 11 is 0. The third kappa shape index (κ3) is 2.64. The van der Waals surface area contributed by atoms with E-state index in [1.165, 1.54) is 0 Å². The van der Waals surface area contributed by atoms with Gasteiger partial charge in [-0.3, -0.25) is 9.59 Å². The SMILES string of the molecule is CC1CC1N1CC(NC(=O)C2(C#N)CCCCC2)CC1=O. The highest BCUT2D eigenvalue weighted by Crippen LogP contribution is 2.38. The van der Waals surface area contributed by atoms with E-state index in [9.17, 15) is 14.9 Å². The van der Waals surface area contributed by atoms with Gasteiger partial charge in [0.05, 0.1) is 12.1 Å². The van der Waals surface area contributed by atoms with Crippen LogP contribution in [0.3, 0.4) is 0 Å². The summed E-state index contributed by atoms with van der Waals surface area (Å²) in [4.78, 5) is 26.4. The Morgan fingerprint density at radius 1 is 1.38 bits per heavy atom. The lowest BCUT2D eigenvalue weighted by atomic mass is 9.74. The molecule has 1 saturated heterocycles. The molecular formula is C16H23N3O2. The smallest absolute Gasteiger partial charge is 0.240 e. The topological polar surface area (TPSA) is 73.2 Å². The van der Waals surface area contributed by atoms with E-state index in [1.54, 1.807) is 0 Å². The molecule has 0 aromatic heterocycles. The van der Waals surface area contributed by atoms with E-state index in [0.717, 1.165) is 25.7 Å². The Labute approximate surface area is 125 Å². The summed E-state index contributed by atoms with van der Waals surface area (Å²) in [6.07, 6.45) is 5.75. The van der Waals surface area contributed by atoms with Crippen LogP contribution in [0.15, 0.2) is 0 Å². The third-order valence-corrected chi connectivity index (χ3v) is 5.32. The fourth-order valence-electron chi connectivity index (χ4n) is 3.75.